The van der Waals surface area contributed by atoms with Gasteiger partial charge in [-0.25, -0.2) is 0 Å². The van der Waals surface area contributed by atoms with E-state index in [2.05, 4.69) is 15.4 Å². The van der Waals surface area contributed by atoms with Crippen LogP contribution in [0.4, 0.5) is 5.82 Å². The maximum atomic E-state index is 13.0. The molecule has 0 bridgehead atoms. The van der Waals surface area contributed by atoms with E-state index in [1.165, 1.54) is 11.8 Å². The zero-order valence-corrected chi connectivity index (χ0v) is 17.7. The normalized spacial score (nSPS) is 19.6. The van der Waals surface area contributed by atoms with Gasteiger partial charge >= 0.3 is 0 Å². The number of thioether (sulfide) groups is 1. The lowest BCUT2D eigenvalue weighted by Crippen LogP contribution is -2.24. The smallest absolute Gasteiger partial charge is 0.270 e. The molecule has 0 unspecified atom stereocenters. The SMILES string of the molecule is COc1ccc2[nH]c(=O)c([C@H]3SCC(=O)Nc4c3c(=O)[nH]n4C3CCOCC3)cc2c1. The van der Waals surface area contributed by atoms with Crippen LogP contribution in [0.2, 0.25) is 0 Å². The Morgan fingerprint density at radius 3 is 2.71 bits per heavy atom. The van der Waals surface area contributed by atoms with Crippen molar-refractivity contribution in [3.63, 3.8) is 0 Å². The van der Waals surface area contributed by atoms with E-state index in [9.17, 15) is 14.4 Å². The molecule has 2 aliphatic heterocycles. The van der Waals surface area contributed by atoms with Gasteiger partial charge in [-0.3, -0.25) is 24.2 Å². The highest BCUT2D eigenvalue weighted by molar-refractivity contribution is 8.00. The maximum Gasteiger partial charge on any atom is 0.270 e. The number of carbonyl (C=O) groups is 1. The molecule has 1 atom stereocenters. The number of benzene rings is 1. The number of fused-ring (bicyclic) bond motifs is 2. The van der Waals surface area contributed by atoms with Crippen LogP contribution in [0.15, 0.2) is 33.9 Å². The highest BCUT2D eigenvalue weighted by Gasteiger charge is 2.34. The lowest BCUT2D eigenvalue weighted by molar-refractivity contribution is -0.113. The first-order valence-electron chi connectivity index (χ1n) is 10.1. The van der Waals surface area contributed by atoms with Gasteiger partial charge in [-0.1, -0.05) is 0 Å². The number of hydrogen-bond donors (Lipinski definition) is 3. The Kier molecular flexibility index (Phi) is 5.11. The summed E-state index contributed by atoms with van der Waals surface area (Å²) in [5.74, 6) is 1.05. The van der Waals surface area contributed by atoms with Crippen molar-refractivity contribution in [2.24, 2.45) is 0 Å². The van der Waals surface area contributed by atoms with Crippen LogP contribution in [-0.2, 0) is 9.53 Å². The van der Waals surface area contributed by atoms with E-state index in [1.807, 2.05) is 6.07 Å². The van der Waals surface area contributed by atoms with Crippen molar-refractivity contribution >= 4 is 34.4 Å². The van der Waals surface area contributed by atoms with Gasteiger partial charge in [0.05, 0.1) is 29.7 Å². The predicted molar refractivity (Wildman–Crippen MR) is 118 cm³/mol. The van der Waals surface area contributed by atoms with Crippen molar-refractivity contribution < 1.29 is 14.3 Å². The second-order valence-electron chi connectivity index (χ2n) is 7.66. The minimum Gasteiger partial charge on any atom is -0.497 e. The van der Waals surface area contributed by atoms with Crippen LogP contribution >= 0.6 is 11.8 Å². The van der Waals surface area contributed by atoms with Crippen LogP contribution < -0.4 is 21.2 Å². The number of ether oxygens (including phenoxy) is 2. The molecule has 0 radical (unpaired) electrons. The number of methoxy groups -OCH3 is 1. The summed E-state index contributed by atoms with van der Waals surface area (Å²) >= 11 is 1.27. The van der Waals surface area contributed by atoms with Crippen LogP contribution in [0, 0.1) is 0 Å². The molecule has 162 valence electrons. The number of carbonyl (C=O) groups excluding carboxylic acids is 1. The van der Waals surface area contributed by atoms with E-state index in [-0.39, 0.29) is 28.8 Å². The topological polar surface area (TPSA) is 118 Å². The highest BCUT2D eigenvalue weighted by Crippen LogP contribution is 2.40. The number of anilines is 1. The Bertz CT molecular complexity index is 1270. The molecule has 4 heterocycles. The number of nitrogens with one attached hydrogen (secondary N) is 3. The molecule has 0 aliphatic carbocycles. The summed E-state index contributed by atoms with van der Waals surface area (Å²) in [6.07, 6.45) is 1.47. The zero-order valence-electron chi connectivity index (χ0n) is 16.9. The Balaban J connectivity index is 1.67. The number of H-pyrrole nitrogens is 2. The third-order valence-corrected chi connectivity index (χ3v) is 7.03. The summed E-state index contributed by atoms with van der Waals surface area (Å²) in [6.45, 7) is 1.19. The molecular weight excluding hydrogens is 420 g/mol. The van der Waals surface area contributed by atoms with Gasteiger partial charge in [0.15, 0.2) is 0 Å². The summed E-state index contributed by atoms with van der Waals surface area (Å²) in [7, 11) is 1.58. The minimum atomic E-state index is -0.585. The standard InChI is InChI=1S/C21H22N4O5S/c1-29-13-2-3-15-11(8-13)9-14(20(27)22-15)18-17-19(23-16(26)10-31-18)25(24-21(17)28)12-4-6-30-7-5-12/h2-3,8-9,12,18H,4-7,10H2,1H3,(H,22,27)(H,23,26)(H,24,28)/t18-/m1/s1. The fourth-order valence-electron chi connectivity index (χ4n) is 4.23. The molecule has 10 heteroatoms. The van der Waals surface area contributed by atoms with Crippen LogP contribution in [0.3, 0.4) is 0 Å². The first-order chi connectivity index (χ1) is 15.0. The molecule has 1 amide bonds. The number of nitrogens with zero attached hydrogens (tertiary/aromatic N) is 1. The number of aromatic amines is 2. The van der Waals surface area contributed by atoms with Crippen molar-refractivity contribution in [1.29, 1.82) is 0 Å². The van der Waals surface area contributed by atoms with Gasteiger partial charge in [0.1, 0.15) is 11.6 Å². The maximum absolute atomic E-state index is 13.0. The fraction of sp³-hybridized carbons (Fsp3) is 0.381. The molecule has 0 spiro atoms. The van der Waals surface area contributed by atoms with E-state index < -0.39 is 5.25 Å². The van der Waals surface area contributed by atoms with Gasteiger partial charge in [-0.05, 0) is 37.1 Å². The predicted octanol–water partition coefficient (Wildman–Crippen LogP) is 2.15. The summed E-state index contributed by atoms with van der Waals surface area (Å²) < 4.78 is 12.5. The van der Waals surface area contributed by atoms with E-state index in [0.717, 1.165) is 18.2 Å². The van der Waals surface area contributed by atoms with E-state index in [4.69, 9.17) is 9.47 Å². The number of aromatic nitrogens is 3. The second-order valence-corrected chi connectivity index (χ2v) is 8.76. The average molecular weight is 442 g/mol. The van der Waals surface area contributed by atoms with E-state index in [0.29, 0.717) is 41.4 Å². The summed E-state index contributed by atoms with van der Waals surface area (Å²) in [5, 5.41) is 5.98. The van der Waals surface area contributed by atoms with Crippen molar-refractivity contribution in [3.05, 3.63) is 56.1 Å². The summed E-state index contributed by atoms with van der Waals surface area (Å²) in [4.78, 5) is 41.4. The Labute approximate surface area is 181 Å². The summed E-state index contributed by atoms with van der Waals surface area (Å²) in [5.41, 5.74) is 0.921. The molecule has 31 heavy (non-hydrogen) atoms. The lowest BCUT2D eigenvalue weighted by atomic mass is 10.0. The fourth-order valence-corrected chi connectivity index (χ4v) is 5.36. The lowest BCUT2D eigenvalue weighted by Gasteiger charge is -2.25. The number of rotatable bonds is 3. The third kappa shape index (κ3) is 3.55. The van der Waals surface area contributed by atoms with Crippen molar-refractivity contribution in [3.8, 4) is 5.75 Å². The number of pyridine rings is 1. The molecule has 9 nitrogen and oxygen atoms in total. The van der Waals surface area contributed by atoms with Crippen LogP contribution in [0.1, 0.15) is 35.3 Å². The van der Waals surface area contributed by atoms with E-state index >= 15 is 0 Å². The summed E-state index contributed by atoms with van der Waals surface area (Å²) in [6, 6.07) is 7.19. The molecular formula is C21H22N4O5S. The molecule has 3 N–H and O–H groups in total. The molecule has 2 aliphatic rings. The Morgan fingerprint density at radius 2 is 1.94 bits per heavy atom. The van der Waals surface area contributed by atoms with Crippen LogP contribution in [0.5, 0.6) is 5.75 Å². The minimum absolute atomic E-state index is 0.0217. The Hall–Kier alpha value is -2.98. The second kappa shape index (κ2) is 7.93. The molecule has 1 aromatic carbocycles. The van der Waals surface area contributed by atoms with Gasteiger partial charge in [0, 0.05) is 29.7 Å². The van der Waals surface area contributed by atoms with Crippen molar-refractivity contribution in [2.45, 2.75) is 24.1 Å². The average Bonchev–Trinajstić information content (AvgIpc) is 2.99. The first kappa shape index (κ1) is 20.0. The first-order valence-corrected chi connectivity index (χ1v) is 11.1. The van der Waals surface area contributed by atoms with Crippen LogP contribution in [-0.4, -0.2) is 46.7 Å². The quantitative estimate of drug-likeness (QED) is 0.572. The van der Waals surface area contributed by atoms with Gasteiger partial charge in [-0.15, -0.1) is 11.8 Å². The highest BCUT2D eigenvalue weighted by atomic mass is 32.2. The van der Waals surface area contributed by atoms with Gasteiger partial charge < -0.3 is 19.8 Å². The number of hydrogen-bond acceptors (Lipinski definition) is 6. The Morgan fingerprint density at radius 1 is 1.13 bits per heavy atom. The van der Waals surface area contributed by atoms with Crippen molar-refractivity contribution in [2.75, 3.05) is 31.4 Å². The van der Waals surface area contributed by atoms with Crippen LogP contribution in [0.25, 0.3) is 10.9 Å². The largest absolute Gasteiger partial charge is 0.497 e. The molecule has 5 rings (SSSR count). The number of amides is 1. The van der Waals surface area contributed by atoms with Crippen molar-refractivity contribution in [1.82, 2.24) is 14.8 Å². The molecule has 1 saturated heterocycles. The third-order valence-electron chi connectivity index (χ3n) is 5.78. The monoisotopic (exact) mass is 442 g/mol. The molecule has 1 fully saturated rings. The zero-order chi connectivity index (χ0) is 21.5. The molecule has 2 aromatic heterocycles. The van der Waals surface area contributed by atoms with E-state index in [1.54, 1.807) is 30.0 Å². The molecule has 3 aromatic rings. The van der Waals surface area contributed by atoms with Gasteiger partial charge in [0.2, 0.25) is 5.91 Å². The van der Waals surface area contributed by atoms with Gasteiger partial charge in [0.25, 0.3) is 11.1 Å². The van der Waals surface area contributed by atoms with Gasteiger partial charge in [-0.2, -0.15) is 0 Å². The molecule has 0 saturated carbocycles.